The van der Waals surface area contributed by atoms with Gasteiger partial charge in [0, 0.05) is 16.1 Å². The van der Waals surface area contributed by atoms with E-state index in [1.165, 1.54) is 30.9 Å². The minimum Gasteiger partial charge on any atom is -0.493 e. The number of thiazole rings is 1. The first-order valence-electron chi connectivity index (χ1n) is 12.7. The van der Waals surface area contributed by atoms with Crippen LogP contribution in [0.5, 0.6) is 11.5 Å². The first kappa shape index (κ1) is 29.1. The second kappa shape index (κ2) is 11.8. The Morgan fingerprint density at radius 2 is 1.88 bits per heavy atom. The Kier molecular flexibility index (Phi) is 8.19. The molecule has 1 atom stereocenters. The molecular weight excluding hydrogens is 628 g/mol. The number of aromatic nitrogens is 1. The normalized spacial score (nSPS) is 14.8. The maximum atomic E-state index is 13.9. The lowest BCUT2D eigenvalue weighted by Crippen LogP contribution is -2.40. The smallest absolute Gasteiger partial charge is 0.338 e. The van der Waals surface area contributed by atoms with E-state index in [1.54, 1.807) is 56.3 Å². The fourth-order valence-electron chi connectivity index (χ4n) is 4.69. The third kappa shape index (κ3) is 5.30. The average molecular weight is 654 g/mol. The number of hydrogen-bond donors (Lipinski definition) is 1. The maximum Gasteiger partial charge on any atom is 0.338 e. The molecule has 0 amide bonds. The van der Waals surface area contributed by atoms with Gasteiger partial charge >= 0.3 is 11.9 Å². The molecule has 1 aliphatic rings. The Hall–Kier alpha value is -4.42. The number of ether oxygens (including phenoxy) is 3. The van der Waals surface area contributed by atoms with E-state index < -0.39 is 18.0 Å². The summed E-state index contributed by atoms with van der Waals surface area (Å²) in [4.78, 5) is 43.5. The molecule has 4 aromatic rings. The summed E-state index contributed by atoms with van der Waals surface area (Å²) in [6.45, 7) is 3.56. The molecule has 0 fully saturated rings. The summed E-state index contributed by atoms with van der Waals surface area (Å²) in [6.07, 6.45) is 1.60. The molecule has 0 bridgehead atoms. The highest BCUT2D eigenvalue weighted by Crippen LogP contribution is 2.40. The van der Waals surface area contributed by atoms with Crippen molar-refractivity contribution >= 4 is 45.3 Å². The predicted octanol–water partition coefficient (Wildman–Crippen LogP) is 4.54. The van der Waals surface area contributed by atoms with Crippen LogP contribution in [0.3, 0.4) is 0 Å². The number of carbonyl (C=O) groups excluding carboxylic acids is 1. The van der Waals surface area contributed by atoms with E-state index in [-0.39, 0.29) is 23.3 Å². The maximum absolute atomic E-state index is 13.9. The summed E-state index contributed by atoms with van der Waals surface area (Å²) in [7, 11) is 3.02. The molecule has 10 nitrogen and oxygen atoms in total. The molecule has 0 radical (unpaired) electrons. The van der Waals surface area contributed by atoms with E-state index in [0.29, 0.717) is 53.6 Å². The van der Waals surface area contributed by atoms with E-state index in [4.69, 9.17) is 18.6 Å². The van der Waals surface area contributed by atoms with E-state index in [2.05, 4.69) is 20.9 Å². The Morgan fingerprint density at radius 1 is 1.14 bits per heavy atom. The lowest BCUT2D eigenvalue weighted by atomic mass is 9.95. The molecule has 1 N–H and O–H groups in total. The molecule has 5 rings (SSSR count). The van der Waals surface area contributed by atoms with Crippen molar-refractivity contribution in [2.45, 2.75) is 19.9 Å². The third-order valence-corrected chi connectivity index (χ3v) is 8.28. The number of carbonyl (C=O) groups is 2. The van der Waals surface area contributed by atoms with Crippen LogP contribution < -0.4 is 24.4 Å². The molecular formula is C30H25BrN2O8S. The zero-order valence-corrected chi connectivity index (χ0v) is 25.4. The van der Waals surface area contributed by atoms with Crippen molar-refractivity contribution in [1.29, 1.82) is 0 Å². The van der Waals surface area contributed by atoms with Crippen LogP contribution in [0.15, 0.2) is 78.5 Å². The van der Waals surface area contributed by atoms with E-state index in [0.717, 1.165) is 11.3 Å². The molecule has 3 heterocycles. The number of halogens is 1. The summed E-state index contributed by atoms with van der Waals surface area (Å²) in [5.74, 6) is 0.106. The van der Waals surface area contributed by atoms with Crippen LogP contribution in [0.25, 0.3) is 17.4 Å². The number of methoxy groups -OCH3 is 2. The van der Waals surface area contributed by atoms with Gasteiger partial charge in [-0.3, -0.25) is 9.36 Å². The van der Waals surface area contributed by atoms with Gasteiger partial charge in [0.25, 0.3) is 5.56 Å². The Balaban J connectivity index is 1.67. The zero-order chi connectivity index (χ0) is 30.1. The van der Waals surface area contributed by atoms with Crippen molar-refractivity contribution < 1.29 is 33.3 Å². The van der Waals surface area contributed by atoms with Crippen LogP contribution in [0.2, 0.25) is 0 Å². The van der Waals surface area contributed by atoms with Crippen molar-refractivity contribution in [1.82, 2.24) is 4.57 Å². The highest BCUT2D eigenvalue weighted by atomic mass is 79.9. The summed E-state index contributed by atoms with van der Waals surface area (Å²) >= 11 is 4.74. The molecule has 0 saturated carbocycles. The van der Waals surface area contributed by atoms with E-state index in [1.807, 2.05) is 0 Å². The molecule has 0 saturated heterocycles. The van der Waals surface area contributed by atoms with Crippen LogP contribution in [0, 0.1) is 0 Å². The van der Waals surface area contributed by atoms with Crippen LogP contribution >= 0.6 is 27.3 Å². The topological polar surface area (TPSA) is 130 Å². The molecule has 0 unspecified atom stereocenters. The SMILES string of the molecule is CCOC(=O)C1=C(C)N=c2sc(=Cc3ccc(-c4cccc(C(=O)O)c4)o3)c(=O)n2[C@H]1c1cc(OC)c(OC)cc1Br. The largest absolute Gasteiger partial charge is 0.493 e. The monoisotopic (exact) mass is 652 g/mol. The van der Waals surface area contributed by atoms with Crippen molar-refractivity contribution in [3.05, 3.63) is 101 Å². The zero-order valence-electron chi connectivity index (χ0n) is 23.0. The van der Waals surface area contributed by atoms with E-state index >= 15 is 0 Å². The molecule has 2 aromatic heterocycles. The highest BCUT2D eigenvalue weighted by Gasteiger charge is 2.35. The minimum atomic E-state index is -1.04. The number of carboxylic acids is 1. The first-order chi connectivity index (χ1) is 20.2. The molecule has 0 aliphatic carbocycles. The van der Waals surface area contributed by atoms with Crippen LogP contribution in [-0.4, -0.2) is 42.4 Å². The van der Waals surface area contributed by atoms with Gasteiger partial charge in [0.1, 0.15) is 11.5 Å². The van der Waals surface area contributed by atoms with Gasteiger partial charge in [-0.05, 0) is 55.8 Å². The van der Waals surface area contributed by atoms with Gasteiger partial charge in [0.15, 0.2) is 16.3 Å². The lowest BCUT2D eigenvalue weighted by Gasteiger charge is -2.26. The van der Waals surface area contributed by atoms with Gasteiger partial charge in [-0.15, -0.1) is 0 Å². The number of furan rings is 1. The van der Waals surface area contributed by atoms with E-state index in [9.17, 15) is 19.5 Å². The molecule has 42 heavy (non-hydrogen) atoms. The van der Waals surface area contributed by atoms with Crippen molar-refractivity contribution in [3.8, 4) is 22.8 Å². The third-order valence-electron chi connectivity index (χ3n) is 6.61. The average Bonchev–Trinajstić information content (AvgIpc) is 3.56. The standard InChI is InChI=1S/C30H25BrN2O8S/c1-5-40-29(37)25-15(2)32-30-33(26(25)19-13-22(38-3)23(39-4)14-20(19)31)27(34)24(42-30)12-18-9-10-21(41-18)16-7-6-8-17(11-16)28(35)36/h6-14,26H,5H2,1-4H3,(H,35,36)/t26-/m0/s1. The second-order valence-electron chi connectivity index (χ2n) is 9.12. The van der Waals surface area contributed by atoms with Crippen LogP contribution in [0.1, 0.15) is 41.6 Å². The number of aromatic carboxylic acids is 1. The second-order valence-corrected chi connectivity index (χ2v) is 11.0. The molecule has 1 aliphatic heterocycles. The minimum absolute atomic E-state index is 0.132. The van der Waals surface area contributed by atoms with Gasteiger partial charge in [0.2, 0.25) is 0 Å². The predicted molar refractivity (Wildman–Crippen MR) is 159 cm³/mol. The van der Waals surface area contributed by atoms with Crippen molar-refractivity contribution in [2.24, 2.45) is 4.99 Å². The number of rotatable bonds is 8. The molecule has 12 heteroatoms. The first-order valence-corrected chi connectivity index (χ1v) is 14.3. The fourth-order valence-corrected chi connectivity index (χ4v) is 6.25. The van der Waals surface area contributed by atoms with Gasteiger partial charge < -0.3 is 23.7 Å². The number of carboxylic acid groups (broad SMARTS) is 1. The number of allylic oxidation sites excluding steroid dienone is 1. The van der Waals surface area contributed by atoms with Gasteiger partial charge in [-0.2, -0.15) is 0 Å². The summed E-state index contributed by atoms with van der Waals surface area (Å²) in [5.41, 5.74) is 1.56. The number of nitrogens with zero attached hydrogens (tertiary/aromatic N) is 2. The van der Waals surface area contributed by atoms with Gasteiger partial charge in [-0.1, -0.05) is 39.4 Å². The fraction of sp³-hybridized carbons (Fsp3) is 0.200. The summed E-state index contributed by atoms with van der Waals surface area (Å²) in [5, 5.41) is 9.31. The number of benzene rings is 2. The number of fused-ring (bicyclic) bond motifs is 1. The Morgan fingerprint density at radius 3 is 2.57 bits per heavy atom. The van der Waals surface area contributed by atoms with Crippen molar-refractivity contribution in [3.63, 3.8) is 0 Å². The lowest BCUT2D eigenvalue weighted by molar-refractivity contribution is -0.139. The highest BCUT2D eigenvalue weighted by molar-refractivity contribution is 9.10. The van der Waals surface area contributed by atoms with Crippen molar-refractivity contribution in [2.75, 3.05) is 20.8 Å². The Bertz CT molecular complexity index is 1930. The molecule has 0 spiro atoms. The molecule has 2 aromatic carbocycles. The van der Waals surface area contributed by atoms with Crippen LogP contribution in [-0.2, 0) is 9.53 Å². The van der Waals surface area contributed by atoms with Crippen LogP contribution in [0.4, 0.5) is 0 Å². The van der Waals surface area contributed by atoms with Gasteiger partial charge in [0.05, 0.1) is 48.2 Å². The summed E-state index contributed by atoms with van der Waals surface area (Å²) < 4.78 is 24.6. The Labute approximate surface area is 251 Å². The van der Waals surface area contributed by atoms with Gasteiger partial charge in [-0.25, -0.2) is 14.6 Å². The number of esters is 1. The quantitative estimate of drug-likeness (QED) is 0.275. The number of hydrogen-bond acceptors (Lipinski definition) is 9. The molecule has 216 valence electrons. The summed E-state index contributed by atoms with van der Waals surface area (Å²) in [6, 6.07) is 12.3.